The van der Waals surface area contributed by atoms with Gasteiger partial charge in [-0.3, -0.25) is 9.89 Å². The molecule has 0 saturated carbocycles. The average molecular weight is 416 g/mol. The van der Waals surface area contributed by atoms with Crippen LogP contribution in [0.3, 0.4) is 0 Å². The van der Waals surface area contributed by atoms with Crippen molar-refractivity contribution in [3.8, 4) is 0 Å². The normalized spacial score (nSPS) is 19.9. The Hall–Kier alpha value is -1.61. The van der Waals surface area contributed by atoms with E-state index in [1.807, 2.05) is 16.7 Å². The van der Waals surface area contributed by atoms with Crippen molar-refractivity contribution in [3.63, 3.8) is 0 Å². The van der Waals surface area contributed by atoms with Gasteiger partial charge in [-0.2, -0.15) is 24.9 Å². The fourth-order valence-electron chi connectivity index (χ4n) is 3.49. The molecule has 5 nitrogen and oxygen atoms in total. The lowest BCUT2D eigenvalue weighted by atomic mass is 10.1. The third kappa shape index (κ3) is 5.94. The minimum Gasteiger partial charge on any atom is -0.370 e. The van der Waals surface area contributed by atoms with Crippen molar-refractivity contribution < 1.29 is 13.2 Å². The largest absolute Gasteiger partial charge is 0.416 e. The van der Waals surface area contributed by atoms with Gasteiger partial charge < -0.3 is 15.5 Å². The van der Waals surface area contributed by atoms with Crippen LogP contribution in [0.25, 0.3) is 0 Å². The lowest BCUT2D eigenvalue weighted by Crippen LogP contribution is -2.46. The van der Waals surface area contributed by atoms with Gasteiger partial charge in [-0.05, 0) is 24.6 Å². The summed E-state index contributed by atoms with van der Waals surface area (Å²) >= 11 is 1.95. The van der Waals surface area contributed by atoms with E-state index in [0.29, 0.717) is 18.2 Å². The van der Waals surface area contributed by atoms with Crippen LogP contribution in [0, 0.1) is 0 Å². The van der Waals surface area contributed by atoms with Gasteiger partial charge >= 0.3 is 6.18 Å². The number of nitrogens with two attached hydrogens (primary N) is 1. The highest BCUT2D eigenvalue weighted by Crippen LogP contribution is 2.31. The van der Waals surface area contributed by atoms with Gasteiger partial charge in [-0.15, -0.1) is 0 Å². The predicted octanol–water partition coefficient (Wildman–Crippen LogP) is 2.58. The Morgan fingerprint density at radius 1 is 1.07 bits per heavy atom. The number of rotatable bonds is 5. The number of alkyl halides is 3. The SMILES string of the molecule is NC(=NCCCN1CCN(c2cccc(C(F)(F)F)c2)CC1)N1CCSCC1. The summed E-state index contributed by atoms with van der Waals surface area (Å²) in [5.74, 6) is 2.85. The fourth-order valence-corrected chi connectivity index (χ4v) is 4.39. The maximum atomic E-state index is 12.9. The lowest BCUT2D eigenvalue weighted by molar-refractivity contribution is -0.137. The van der Waals surface area contributed by atoms with Crippen molar-refractivity contribution in [2.24, 2.45) is 10.7 Å². The molecular formula is C19H28F3N5S. The van der Waals surface area contributed by atoms with Gasteiger partial charge in [-0.1, -0.05) is 6.07 Å². The summed E-state index contributed by atoms with van der Waals surface area (Å²) < 4.78 is 38.7. The van der Waals surface area contributed by atoms with Crippen molar-refractivity contribution in [2.45, 2.75) is 12.6 Å². The molecule has 0 atom stereocenters. The minimum absolute atomic E-state index is 0.588. The van der Waals surface area contributed by atoms with Crippen LogP contribution in [0.15, 0.2) is 29.3 Å². The summed E-state index contributed by atoms with van der Waals surface area (Å²) in [5.41, 5.74) is 6.12. The third-order valence-corrected chi connectivity index (χ3v) is 6.09. The summed E-state index contributed by atoms with van der Waals surface area (Å²) in [6.45, 7) is 6.75. The number of thioether (sulfide) groups is 1. The zero-order valence-corrected chi connectivity index (χ0v) is 16.8. The fraction of sp³-hybridized carbons (Fsp3) is 0.632. The van der Waals surface area contributed by atoms with Crippen LogP contribution in [0.1, 0.15) is 12.0 Å². The zero-order chi connectivity index (χ0) is 20.0. The molecule has 0 unspecified atom stereocenters. The first-order chi connectivity index (χ1) is 13.4. The Morgan fingerprint density at radius 3 is 2.46 bits per heavy atom. The number of hydrogen-bond donors (Lipinski definition) is 1. The average Bonchev–Trinajstić information content (AvgIpc) is 2.71. The summed E-state index contributed by atoms with van der Waals surface area (Å²) in [5, 5.41) is 0. The Balaban J connectivity index is 1.40. The van der Waals surface area contributed by atoms with Crippen LogP contribution in [0.5, 0.6) is 0 Å². The summed E-state index contributed by atoms with van der Waals surface area (Å²) in [6.07, 6.45) is -3.36. The monoisotopic (exact) mass is 415 g/mol. The molecule has 3 rings (SSSR count). The summed E-state index contributed by atoms with van der Waals surface area (Å²) in [7, 11) is 0. The van der Waals surface area contributed by atoms with E-state index in [1.54, 1.807) is 6.07 Å². The van der Waals surface area contributed by atoms with Crippen LogP contribution in [0.2, 0.25) is 0 Å². The second-order valence-corrected chi connectivity index (χ2v) is 8.29. The van der Waals surface area contributed by atoms with E-state index in [-0.39, 0.29) is 0 Å². The van der Waals surface area contributed by atoms with Crippen LogP contribution in [-0.4, -0.2) is 79.6 Å². The topological polar surface area (TPSA) is 48.1 Å². The molecule has 2 N–H and O–H groups in total. The zero-order valence-electron chi connectivity index (χ0n) is 16.0. The molecule has 2 aliphatic rings. The van der Waals surface area contributed by atoms with Gasteiger partial charge in [-0.25, -0.2) is 0 Å². The number of benzene rings is 1. The maximum absolute atomic E-state index is 12.9. The molecule has 2 aliphatic heterocycles. The second-order valence-electron chi connectivity index (χ2n) is 7.07. The number of aliphatic imine (C=N–C) groups is 1. The molecule has 28 heavy (non-hydrogen) atoms. The summed E-state index contributed by atoms with van der Waals surface area (Å²) in [6, 6.07) is 5.59. The number of hydrogen-bond acceptors (Lipinski definition) is 4. The number of anilines is 1. The van der Waals surface area contributed by atoms with E-state index in [9.17, 15) is 13.2 Å². The Labute approximate surface area is 168 Å². The van der Waals surface area contributed by atoms with E-state index in [2.05, 4.69) is 14.8 Å². The van der Waals surface area contributed by atoms with E-state index in [1.165, 1.54) is 12.1 Å². The number of piperazine rings is 1. The molecule has 0 radical (unpaired) electrons. The van der Waals surface area contributed by atoms with Gasteiger partial charge in [0.05, 0.1) is 5.56 Å². The molecule has 156 valence electrons. The smallest absolute Gasteiger partial charge is 0.370 e. The molecule has 0 bridgehead atoms. The standard InChI is InChI=1S/C19H28F3N5S/c20-19(21,22)16-3-1-4-17(15-16)26-9-7-25(8-10-26)6-2-5-24-18(23)27-11-13-28-14-12-27/h1,3-4,15H,2,5-14H2,(H2,23,24). The first-order valence-electron chi connectivity index (χ1n) is 9.70. The Bertz CT molecular complexity index is 653. The molecule has 2 saturated heterocycles. The number of nitrogens with zero attached hydrogens (tertiary/aromatic N) is 4. The molecule has 0 spiro atoms. The quantitative estimate of drug-likeness (QED) is 0.455. The van der Waals surface area contributed by atoms with E-state index >= 15 is 0 Å². The van der Waals surface area contributed by atoms with E-state index in [4.69, 9.17) is 5.73 Å². The van der Waals surface area contributed by atoms with Crippen LogP contribution in [-0.2, 0) is 6.18 Å². The van der Waals surface area contributed by atoms with Gasteiger partial charge in [0.2, 0.25) is 0 Å². The van der Waals surface area contributed by atoms with Crippen molar-refractivity contribution in [3.05, 3.63) is 29.8 Å². The maximum Gasteiger partial charge on any atom is 0.416 e. The molecule has 1 aromatic carbocycles. The highest BCUT2D eigenvalue weighted by Gasteiger charge is 2.31. The van der Waals surface area contributed by atoms with Crippen LogP contribution >= 0.6 is 11.8 Å². The van der Waals surface area contributed by atoms with E-state index in [0.717, 1.165) is 69.8 Å². The van der Waals surface area contributed by atoms with Crippen molar-refractivity contribution in [1.82, 2.24) is 9.80 Å². The molecule has 0 amide bonds. The van der Waals surface area contributed by atoms with Crippen LogP contribution in [0.4, 0.5) is 18.9 Å². The van der Waals surface area contributed by atoms with Gasteiger partial charge in [0.1, 0.15) is 0 Å². The molecule has 0 aromatic heterocycles. The van der Waals surface area contributed by atoms with Crippen molar-refractivity contribution in [1.29, 1.82) is 0 Å². The molecule has 2 fully saturated rings. The second kappa shape index (κ2) is 9.73. The molecule has 0 aliphatic carbocycles. The molecular weight excluding hydrogens is 387 g/mol. The van der Waals surface area contributed by atoms with Crippen LogP contribution < -0.4 is 10.6 Å². The molecule has 9 heteroatoms. The highest BCUT2D eigenvalue weighted by atomic mass is 32.2. The molecule has 2 heterocycles. The van der Waals surface area contributed by atoms with Crippen molar-refractivity contribution in [2.75, 3.05) is 68.8 Å². The predicted molar refractivity (Wildman–Crippen MR) is 110 cm³/mol. The van der Waals surface area contributed by atoms with Gasteiger partial charge in [0.15, 0.2) is 5.96 Å². The van der Waals surface area contributed by atoms with Gasteiger partial charge in [0, 0.05) is 69.6 Å². The van der Waals surface area contributed by atoms with Gasteiger partial charge in [0.25, 0.3) is 0 Å². The summed E-state index contributed by atoms with van der Waals surface area (Å²) in [4.78, 5) is 11.0. The first kappa shape index (κ1) is 21.1. The van der Waals surface area contributed by atoms with Crippen molar-refractivity contribution >= 4 is 23.4 Å². The third-order valence-electron chi connectivity index (χ3n) is 5.15. The minimum atomic E-state index is -4.30. The number of halogens is 3. The first-order valence-corrected chi connectivity index (χ1v) is 10.9. The molecule has 1 aromatic rings. The highest BCUT2D eigenvalue weighted by molar-refractivity contribution is 7.99. The van der Waals surface area contributed by atoms with E-state index < -0.39 is 11.7 Å². The number of guanidine groups is 1. The Kier molecular flexibility index (Phi) is 7.34. The lowest BCUT2D eigenvalue weighted by Gasteiger charge is -2.36. The Morgan fingerprint density at radius 2 is 1.79 bits per heavy atom.